The SMILES string of the molecule is CCOC(=O)CCCC1(CC(C)C)c2ccc(-c3noc(-c4cnc(OC(C)C)c(Cl)c4)n3)c(C)c2CCN1C(=O)O. The monoisotopic (exact) mass is 598 g/mol. The van der Waals surface area contributed by atoms with Gasteiger partial charge in [0, 0.05) is 24.7 Å². The zero-order valence-electron chi connectivity index (χ0n) is 25.1. The number of halogens is 1. The molecule has 3 heterocycles. The van der Waals surface area contributed by atoms with Gasteiger partial charge in [-0.2, -0.15) is 4.98 Å². The van der Waals surface area contributed by atoms with Gasteiger partial charge >= 0.3 is 12.1 Å². The average Bonchev–Trinajstić information content (AvgIpc) is 3.40. The van der Waals surface area contributed by atoms with Gasteiger partial charge in [-0.1, -0.05) is 42.7 Å². The summed E-state index contributed by atoms with van der Waals surface area (Å²) in [6.45, 7) is 12.4. The minimum absolute atomic E-state index is 0.0674. The zero-order valence-corrected chi connectivity index (χ0v) is 25.8. The van der Waals surface area contributed by atoms with E-state index in [1.165, 1.54) is 0 Å². The van der Waals surface area contributed by atoms with Crippen molar-refractivity contribution in [3.63, 3.8) is 0 Å². The highest BCUT2D eigenvalue weighted by molar-refractivity contribution is 6.32. The lowest BCUT2D eigenvalue weighted by atomic mass is 9.71. The van der Waals surface area contributed by atoms with Crippen molar-refractivity contribution >= 4 is 23.7 Å². The number of aromatic nitrogens is 3. The first-order chi connectivity index (χ1) is 20.0. The molecule has 0 radical (unpaired) electrons. The van der Waals surface area contributed by atoms with Gasteiger partial charge in [0.1, 0.15) is 5.02 Å². The quantitative estimate of drug-likeness (QED) is 0.231. The van der Waals surface area contributed by atoms with Gasteiger partial charge in [0.05, 0.1) is 23.8 Å². The van der Waals surface area contributed by atoms with E-state index in [1.807, 2.05) is 32.9 Å². The van der Waals surface area contributed by atoms with Crippen LogP contribution in [-0.4, -0.2) is 56.4 Å². The van der Waals surface area contributed by atoms with E-state index in [2.05, 4.69) is 29.0 Å². The minimum Gasteiger partial charge on any atom is -0.474 e. The Morgan fingerprint density at radius 1 is 1.24 bits per heavy atom. The fourth-order valence-electron chi connectivity index (χ4n) is 5.95. The molecule has 0 saturated carbocycles. The Balaban J connectivity index is 1.71. The van der Waals surface area contributed by atoms with Crippen molar-refractivity contribution in [2.24, 2.45) is 5.92 Å². The van der Waals surface area contributed by atoms with Gasteiger partial charge in [0.2, 0.25) is 11.7 Å². The van der Waals surface area contributed by atoms with Crippen LogP contribution >= 0.6 is 11.6 Å². The van der Waals surface area contributed by atoms with Crippen molar-refractivity contribution in [1.82, 2.24) is 20.0 Å². The van der Waals surface area contributed by atoms with Crippen LogP contribution in [0.2, 0.25) is 5.02 Å². The molecular weight excluding hydrogens is 560 g/mol. The summed E-state index contributed by atoms with van der Waals surface area (Å²) in [6.07, 6.45) is 3.01. The molecule has 1 amide bonds. The number of carboxylic acid groups (broad SMARTS) is 1. The Kier molecular flexibility index (Phi) is 9.76. The van der Waals surface area contributed by atoms with Gasteiger partial charge in [-0.25, -0.2) is 9.78 Å². The van der Waals surface area contributed by atoms with Crippen LogP contribution in [0.1, 0.15) is 77.0 Å². The summed E-state index contributed by atoms with van der Waals surface area (Å²) >= 11 is 6.37. The van der Waals surface area contributed by atoms with Gasteiger partial charge in [-0.3, -0.25) is 9.69 Å². The Hall–Kier alpha value is -3.66. The third-order valence-electron chi connectivity index (χ3n) is 7.52. The number of ether oxygens (including phenoxy) is 2. The third kappa shape index (κ3) is 6.53. The molecule has 1 aliphatic rings. The summed E-state index contributed by atoms with van der Waals surface area (Å²) in [5, 5.41) is 14.9. The van der Waals surface area contributed by atoms with Crippen molar-refractivity contribution in [2.45, 2.75) is 85.3 Å². The number of carbonyl (C=O) groups excluding carboxylic acids is 1. The fourth-order valence-corrected chi connectivity index (χ4v) is 6.16. The van der Waals surface area contributed by atoms with E-state index in [9.17, 15) is 14.7 Å². The molecule has 1 aromatic carbocycles. The fraction of sp³-hybridized carbons (Fsp3) is 0.516. The highest BCUT2D eigenvalue weighted by Crippen LogP contribution is 2.46. The van der Waals surface area contributed by atoms with Gasteiger partial charge in [0.25, 0.3) is 5.89 Å². The number of carbonyl (C=O) groups is 2. The van der Waals surface area contributed by atoms with E-state index in [0.717, 1.165) is 22.3 Å². The summed E-state index contributed by atoms with van der Waals surface area (Å²) in [4.78, 5) is 35.2. The third-order valence-corrected chi connectivity index (χ3v) is 7.79. The molecule has 0 fully saturated rings. The van der Waals surface area contributed by atoms with Gasteiger partial charge in [0.15, 0.2) is 0 Å². The van der Waals surface area contributed by atoms with E-state index in [4.69, 9.17) is 25.6 Å². The number of pyridine rings is 1. The van der Waals surface area contributed by atoms with Crippen molar-refractivity contribution in [1.29, 1.82) is 0 Å². The molecule has 0 saturated heterocycles. The molecule has 2 aromatic heterocycles. The molecule has 0 bridgehead atoms. The molecule has 42 heavy (non-hydrogen) atoms. The second-order valence-corrected chi connectivity index (χ2v) is 11.7. The summed E-state index contributed by atoms with van der Waals surface area (Å²) < 4.78 is 16.3. The molecule has 1 aliphatic heterocycles. The lowest BCUT2D eigenvalue weighted by Gasteiger charge is -2.49. The smallest absolute Gasteiger partial charge is 0.408 e. The maximum atomic E-state index is 12.5. The highest BCUT2D eigenvalue weighted by atomic mass is 35.5. The van der Waals surface area contributed by atoms with E-state index >= 15 is 0 Å². The maximum absolute atomic E-state index is 12.5. The molecule has 1 atom stereocenters. The largest absolute Gasteiger partial charge is 0.474 e. The Bertz CT molecular complexity index is 1440. The maximum Gasteiger partial charge on any atom is 0.408 e. The molecule has 0 spiro atoms. The highest BCUT2D eigenvalue weighted by Gasteiger charge is 2.46. The van der Waals surface area contributed by atoms with Crippen molar-refractivity contribution in [2.75, 3.05) is 13.2 Å². The van der Waals surface area contributed by atoms with E-state index in [-0.39, 0.29) is 30.3 Å². The standard InChI is InChI=1S/C31H39ClN4O6/c1-7-40-26(37)9-8-13-31(16-18(2)3)24-11-10-23(20(6)22(24)12-14-36(31)30(38)39)27-34-28(42-35-27)21-15-25(32)29(33-17-21)41-19(4)5/h10-11,15,17-19H,7-9,12-14,16H2,1-6H3,(H,38,39). The number of fused-ring (bicyclic) bond motifs is 1. The number of amides is 1. The first kappa shape index (κ1) is 31.3. The molecule has 1 unspecified atom stereocenters. The summed E-state index contributed by atoms with van der Waals surface area (Å²) in [6, 6.07) is 5.60. The number of hydrogen-bond acceptors (Lipinski definition) is 8. The zero-order chi connectivity index (χ0) is 30.6. The Morgan fingerprint density at radius 3 is 2.64 bits per heavy atom. The van der Waals surface area contributed by atoms with Crippen molar-refractivity contribution in [3.05, 3.63) is 46.1 Å². The van der Waals surface area contributed by atoms with Crippen molar-refractivity contribution in [3.8, 4) is 28.7 Å². The normalized spacial score (nSPS) is 16.5. The molecule has 11 heteroatoms. The first-order valence-corrected chi connectivity index (χ1v) is 14.8. The summed E-state index contributed by atoms with van der Waals surface area (Å²) in [7, 11) is 0. The van der Waals surface area contributed by atoms with Gasteiger partial charge in [-0.15, -0.1) is 0 Å². The van der Waals surface area contributed by atoms with Crippen LogP contribution in [-0.2, 0) is 21.5 Å². The Morgan fingerprint density at radius 2 is 2.00 bits per heavy atom. The molecule has 226 valence electrons. The predicted octanol–water partition coefficient (Wildman–Crippen LogP) is 7.06. The van der Waals surface area contributed by atoms with Crippen LogP contribution in [0.25, 0.3) is 22.8 Å². The van der Waals surface area contributed by atoms with E-state index in [1.54, 1.807) is 24.1 Å². The van der Waals surface area contributed by atoms with E-state index in [0.29, 0.717) is 61.1 Å². The first-order valence-electron chi connectivity index (χ1n) is 14.4. The molecule has 0 aliphatic carbocycles. The van der Waals surface area contributed by atoms with Crippen LogP contribution in [0.15, 0.2) is 28.9 Å². The lowest BCUT2D eigenvalue weighted by molar-refractivity contribution is -0.143. The van der Waals surface area contributed by atoms with Crippen LogP contribution in [0.3, 0.4) is 0 Å². The number of hydrogen-bond donors (Lipinski definition) is 1. The number of nitrogens with zero attached hydrogens (tertiary/aromatic N) is 4. The lowest BCUT2D eigenvalue weighted by Crippen LogP contribution is -2.54. The number of rotatable bonds is 11. The second kappa shape index (κ2) is 13.1. The van der Waals surface area contributed by atoms with Crippen LogP contribution < -0.4 is 4.74 Å². The second-order valence-electron chi connectivity index (χ2n) is 11.3. The summed E-state index contributed by atoms with van der Waals surface area (Å²) in [5.41, 5.74) is 3.62. The molecule has 10 nitrogen and oxygen atoms in total. The van der Waals surface area contributed by atoms with Gasteiger partial charge < -0.3 is 19.1 Å². The topological polar surface area (TPSA) is 128 Å². The Labute approximate surface area is 251 Å². The van der Waals surface area contributed by atoms with Gasteiger partial charge in [-0.05, 0) is 82.1 Å². The van der Waals surface area contributed by atoms with Crippen LogP contribution in [0.4, 0.5) is 4.79 Å². The predicted molar refractivity (Wildman–Crippen MR) is 159 cm³/mol. The molecule has 4 rings (SSSR count). The number of benzene rings is 1. The van der Waals surface area contributed by atoms with Crippen LogP contribution in [0, 0.1) is 12.8 Å². The minimum atomic E-state index is -0.959. The molecular formula is C31H39ClN4O6. The number of esters is 1. The summed E-state index contributed by atoms with van der Waals surface area (Å²) in [5.74, 6) is 0.980. The van der Waals surface area contributed by atoms with Crippen LogP contribution in [0.5, 0.6) is 5.88 Å². The van der Waals surface area contributed by atoms with E-state index < -0.39 is 11.6 Å². The molecule has 3 aromatic rings. The molecule has 1 N–H and O–H groups in total. The average molecular weight is 599 g/mol. The van der Waals surface area contributed by atoms with Crippen molar-refractivity contribution < 1.29 is 28.7 Å².